The summed E-state index contributed by atoms with van der Waals surface area (Å²) in [6, 6.07) is 60.0. The Morgan fingerprint density at radius 1 is 0.467 bits per heavy atom. The lowest BCUT2D eigenvalue weighted by molar-refractivity contribution is 0.671. The minimum absolute atomic E-state index is 0.891. The summed E-state index contributed by atoms with van der Waals surface area (Å²) in [6.07, 6.45) is 0. The Kier molecular flexibility index (Phi) is 5.82. The second kappa shape index (κ2) is 10.3. The van der Waals surface area contributed by atoms with E-state index < -0.39 is 0 Å². The molecule has 9 rings (SSSR count). The lowest BCUT2D eigenvalue weighted by Gasteiger charge is -2.25. The molecule has 2 heterocycles. The molecule has 212 valence electrons. The van der Waals surface area contributed by atoms with Crippen LogP contribution in [0.25, 0.3) is 60.6 Å². The van der Waals surface area contributed by atoms with Crippen molar-refractivity contribution >= 4 is 60.8 Å². The molecule has 2 aromatic heterocycles. The van der Waals surface area contributed by atoms with Gasteiger partial charge in [-0.25, -0.2) is 0 Å². The van der Waals surface area contributed by atoms with Crippen molar-refractivity contribution in [3.8, 4) is 16.8 Å². The van der Waals surface area contributed by atoms with Crippen LogP contribution in [0.1, 0.15) is 0 Å². The number of para-hydroxylation sites is 5. The summed E-state index contributed by atoms with van der Waals surface area (Å²) >= 11 is 0. The normalized spacial score (nSPS) is 11.6. The van der Waals surface area contributed by atoms with Crippen LogP contribution in [0.5, 0.6) is 0 Å². The molecule has 3 nitrogen and oxygen atoms in total. The molecule has 9 aromatic rings. The van der Waals surface area contributed by atoms with Gasteiger partial charge in [-0.2, -0.15) is 0 Å². The molecule has 0 bridgehead atoms. The largest absolute Gasteiger partial charge is 0.454 e. The number of benzene rings is 7. The monoisotopic (exact) mass is 576 g/mol. The van der Waals surface area contributed by atoms with Gasteiger partial charge in [-0.15, -0.1) is 0 Å². The molecule has 0 aliphatic carbocycles. The van der Waals surface area contributed by atoms with E-state index in [0.29, 0.717) is 0 Å². The molecular formula is C42H28N2O. The third kappa shape index (κ3) is 4.05. The van der Waals surface area contributed by atoms with E-state index in [-0.39, 0.29) is 0 Å². The van der Waals surface area contributed by atoms with Gasteiger partial charge in [0, 0.05) is 44.3 Å². The predicted octanol–water partition coefficient (Wildman–Crippen LogP) is 11.8. The van der Waals surface area contributed by atoms with Crippen LogP contribution in [0, 0.1) is 0 Å². The van der Waals surface area contributed by atoms with Gasteiger partial charge in [-0.3, -0.25) is 0 Å². The maximum atomic E-state index is 6.77. The zero-order valence-electron chi connectivity index (χ0n) is 24.5. The highest BCUT2D eigenvalue weighted by Gasteiger charge is 2.22. The summed E-state index contributed by atoms with van der Waals surface area (Å²) in [5.74, 6) is 0. The third-order valence-corrected chi connectivity index (χ3v) is 8.76. The molecule has 0 amide bonds. The fourth-order valence-electron chi connectivity index (χ4n) is 6.80. The minimum atomic E-state index is 0.891. The SMILES string of the molecule is c1ccc(N(c2ccccc2)c2ccc(-c3cc4c5ccccc5n(-c5ccccc5)c4c4oc5ccccc5c34)cc2)cc1. The van der Waals surface area contributed by atoms with Gasteiger partial charge in [0.15, 0.2) is 5.58 Å². The van der Waals surface area contributed by atoms with Crippen molar-refractivity contribution in [2.45, 2.75) is 0 Å². The maximum Gasteiger partial charge on any atom is 0.160 e. The van der Waals surface area contributed by atoms with Crippen LogP contribution >= 0.6 is 0 Å². The molecule has 0 atom stereocenters. The molecule has 0 aliphatic rings. The highest BCUT2D eigenvalue weighted by Crippen LogP contribution is 2.45. The Morgan fingerprint density at radius 3 is 1.71 bits per heavy atom. The van der Waals surface area contributed by atoms with Gasteiger partial charge in [-0.05, 0) is 77.9 Å². The van der Waals surface area contributed by atoms with Crippen LogP contribution in [0.4, 0.5) is 17.1 Å². The molecule has 45 heavy (non-hydrogen) atoms. The number of furan rings is 1. The van der Waals surface area contributed by atoms with Crippen LogP contribution in [0.15, 0.2) is 174 Å². The van der Waals surface area contributed by atoms with Crippen LogP contribution in [0.3, 0.4) is 0 Å². The first-order chi connectivity index (χ1) is 22.3. The lowest BCUT2D eigenvalue weighted by atomic mass is 9.96. The molecule has 0 fully saturated rings. The summed E-state index contributed by atoms with van der Waals surface area (Å²) < 4.78 is 9.12. The summed E-state index contributed by atoms with van der Waals surface area (Å²) in [5, 5.41) is 4.63. The summed E-state index contributed by atoms with van der Waals surface area (Å²) in [7, 11) is 0. The number of fused-ring (bicyclic) bond motifs is 7. The summed E-state index contributed by atoms with van der Waals surface area (Å²) in [4.78, 5) is 2.29. The molecule has 3 heteroatoms. The number of hydrogen-bond acceptors (Lipinski definition) is 2. The van der Waals surface area contributed by atoms with Crippen molar-refractivity contribution < 1.29 is 4.42 Å². The zero-order chi connectivity index (χ0) is 29.7. The maximum absolute atomic E-state index is 6.77. The minimum Gasteiger partial charge on any atom is -0.454 e. The molecule has 7 aromatic carbocycles. The van der Waals surface area contributed by atoms with Gasteiger partial charge < -0.3 is 13.9 Å². The lowest BCUT2D eigenvalue weighted by Crippen LogP contribution is -2.09. The van der Waals surface area contributed by atoms with Gasteiger partial charge in [0.1, 0.15) is 5.58 Å². The second-order valence-electron chi connectivity index (χ2n) is 11.4. The van der Waals surface area contributed by atoms with E-state index in [0.717, 1.165) is 66.8 Å². The van der Waals surface area contributed by atoms with E-state index in [2.05, 4.69) is 173 Å². The summed E-state index contributed by atoms with van der Waals surface area (Å²) in [6.45, 7) is 0. The number of hydrogen-bond donors (Lipinski definition) is 0. The van der Waals surface area contributed by atoms with Crippen molar-refractivity contribution in [1.29, 1.82) is 0 Å². The van der Waals surface area contributed by atoms with Crippen LogP contribution in [-0.4, -0.2) is 4.57 Å². The molecule has 0 N–H and O–H groups in total. The average molecular weight is 577 g/mol. The Labute approximate surface area is 260 Å². The van der Waals surface area contributed by atoms with Crippen LogP contribution < -0.4 is 4.90 Å². The predicted molar refractivity (Wildman–Crippen MR) is 188 cm³/mol. The first-order valence-corrected chi connectivity index (χ1v) is 15.3. The van der Waals surface area contributed by atoms with Crippen molar-refractivity contribution in [3.05, 3.63) is 170 Å². The van der Waals surface area contributed by atoms with Crippen molar-refractivity contribution in [2.75, 3.05) is 4.90 Å². The first kappa shape index (κ1) is 25.4. The van der Waals surface area contributed by atoms with E-state index in [1.165, 1.54) is 10.8 Å². The zero-order valence-corrected chi connectivity index (χ0v) is 24.5. The molecule has 0 spiro atoms. The van der Waals surface area contributed by atoms with Crippen molar-refractivity contribution in [1.82, 2.24) is 4.57 Å². The van der Waals surface area contributed by atoms with Crippen LogP contribution in [0.2, 0.25) is 0 Å². The van der Waals surface area contributed by atoms with E-state index in [9.17, 15) is 0 Å². The van der Waals surface area contributed by atoms with Gasteiger partial charge in [-0.1, -0.05) is 103 Å². The number of anilines is 3. The molecular weight excluding hydrogens is 548 g/mol. The quantitative estimate of drug-likeness (QED) is 0.203. The van der Waals surface area contributed by atoms with Crippen molar-refractivity contribution in [2.24, 2.45) is 0 Å². The topological polar surface area (TPSA) is 21.3 Å². The molecule has 0 saturated heterocycles. The molecule has 0 radical (unpaired) electrons. The van der Waals surface area contributed by atoms with E-state index in [1.54, 1.807) is 0 Å². The molecule has 0 aliphatic heterocycles. The number of aromatic nitrogens is 1. The second-order valence-corrected chi connectivity index (χ2v) is 11.4. The van der Waals surface area contributed by atoms with E-state index in [4.69, 9.17) is 4.42 Å². The highest BCUT2D eigenvalue weighted by molar-refractivity contribution is 6.25. The smallest absolute Gasteiger partial charge is 0.160 e. The van der Waals surface area contributed by atoms with E-state index >= 15 is 0 Å². The summed E-state index contributed by atoms with van der Waals surface area (Å²) in [5.41, 5.74) is 10.8. The fourth-order valence-corrected chi connectivity index (χ4v) is 6.80. The van der Waals surface area contributed by atoms with Crippen molar-refractivity contribution in [3.63, 3.8) is 0 Å². The highest BCUT2D eigenvalue weighted by atomic mass is 16.3. The Hall–Kier alpha value is -6.06. The standard InChI is InChI=1S/C42H28N2O/c1-4-14-30(15-5-1)43(31-16-6-2-7-17-31)33-26-24-29(25-27-33)36-28-37-34-20-10-12-22-38(34)44(32-18-8-3-9-19-32)41(37)42-40(36)35-21-11-13-23-39(35)45-42/h1-28H. The van der Waals surface area contributed by atoms with Gasteiger partial charge in [0.05, 0.1) is 11.0 Å². The van der Waals surface area contributed by atoms with Gasteiger partial charge >= 0.3 is 0 Å². The Balaban J connectivity index is 1.31. The first-order valence-electron chi connectivity index (χ1n) is 15.3. The number of nitrogens with zero attached hydrogens (tertiary/aromatic N) is 2. The number of rotatable bonds is 5. The molecule has 0 saturated carbocycles. The Bertz CT molecular complexity index is 2420. The van der Waals surface area contributed by atoms with Crippen LogP contribution in [-0.2, 0) is 0 Å². The van der Waals surface area contributed by atoms with Gasteiger partial charge in [0.2, 0.25) is 0 Å². The average Bonchev–Trinajstić information content (AvgIpc) is 3.66. The Morgan fingerprint density at radius 2 is 1.02 bits per heavy atom. The third-order valence-electron chi connectivity index (χ3n) is 8.76. The fraction of sp³-hybridized carbons (Fsp3) is 0. The van der Waals surface area contributed by atoms with E-state index in [1.807, 2.05) is 6.07 Å². The molecule has 0 unspecified atom stereocenters. The van der Waals surface area contributed by atoms with Gasteiger partial charge in [0.25, 0.3) is 0 Å².